The number of aromatic amines is 1. The van der Waals surface area contributed by atoms with Crippen LogP contribution in [0, 0.1) is 6.92 Å². The first-order chi connectivity index (χ1) is 14.6. The van der Waals surface area contributed by atoms with Crippen LogP contribution in [0.2, 0.25) is 0 Å². The molecule has 0 bridgehead atoms. The molecule has 1 fully saturated rings. The maximum atomic E-state index is 13.2. The molecule has 0 saturated carbocycles. The van der Waals surface area contributed by atoms with Crippen molar-refractivity contribution in [3.8, 4) is 0 Å². The summed E-state index contributed by atoms with van der Waals surface area (Å²) < 4.78 is 1.51. The van der Waals surface area contributed by atoms with Crippen molar-refractivity contribution < 1.29 is 4.79 Å². The van der Waals surface area contributed by atoms with Gasteiger partial charge in [-0.15, -0.1) is 0 Å². The summed E-state index contributed by atoms with van der Waals surface area (Å²) in [5, 5.41) is 13.1. The van der Waals surface area contributed by atoms with Gasteiger partial charge in [0, 0.05) is 36.1 Å². The number of amides is 1. The van der Waals surface area contributed by atoms with Crippen LogP contribution >= 0.6 is 0 Å². The van der Waals surface area contributed by atoms with Crippen molar-refractivity contribution in [2.24, 2.45) is 0 Å². The van der Waals surface area contributed by atoms with Gasteiger partial charge < -0.3 is 14.8 Å². The number of aromatic nitrogens is 3. The summed E-state index contributed by atoms with van der Waals surface area (Å²) in [7, 11) is 0. The van der Waals surface area contributed by atoms with E-state index in [0.29, 0.717) is 11.1 Å². The average Bonchev–Trinajstić information content (AvgIpc) is 3.41. The number of hydrogen-bond donors (Lipinski definition) is 2. The first-order valence-electron chi connectivity index (χ1n) is 10.2. The SMILES string of the molecule is Cc1[nH]nc2cc(Nc3cccc4ccn(CC(=O)N5CCCC5)c(=O)c34)ccc12. The molecule has 30 heavy (non-hydrogen) atoms. The number of nitrogens with zero attached hydrogens (tertiary/aromatic N) is 3. The van der Waals surface area contributed by atoms with Gasteiger partial charge in [-0.3, -0.25) is 14.7 Å². The Bertz CT molecular complexity index is 1310. The minimum Gasteiger partial charge on any atom is -0.355 e. The van der Waals surface area contributed by atoms with Crippen LogP contribution in [-0.4, -0.2) is 38.7 Å². The van der Waals surface area contributed by atoms with Crippen molar-refractivity contribution in [2.45, 2.75) is 26.3 Å². The smallest absolute Gasteiger partial charge is 0.261 e. The van der Waals surface area contributed by atoms with Crippen LogP contribution in [0.15, 0.2) is 53.5 Å². The van der Waals surface area contributed by atoms with Gasteiger partial charge in [-0.2, -0.15) is 5.10 Å². The van der Waals surface area contributed by atoms with Gasteiger partial charge >= 0.3 is 0 Å². The lowest BCUT2D eigenvalue weighted by Crippen LogP contribution is -2.34. The Morgan fingerprint density at radius 1 is 1.17 bits per heavy atom. The maximum Gasteiger partial charge on any atom is 0.261 e. The van der Waals surface area contributed by atoms with Crippen molar-refractivity contribution in [2.75, 3.05) is 18.4 Å². The Labute approximate surface area is 173 Å². The van der Waals surface area contributed by atoms with E-state index >= 15 is 0 Å². The van der Waals surface area contributed by atoms with E-state index in [-0.39, 0.29) is 18.0 Å². The van der Waals surface area contributed by atoms with Crippen molar-refractivity contribution in [3.63, 3.8) is 0 Å². The molecule has 7 heteroatoms. The molecule has 0 aliphatic carbocycles. The van der Waals surface area contributed by atoms with Gasteiger partial charge in [0.05, 0.1) is 16.6 Å². The summed E-state index contributed by atoms with van der Waals surface area (Å²) in [6, 6.07) is 13.5. The van der Waals surface area contributed by atoms with Crippen LogP contribution < -0.4 is 10.9 Å². The second kappa shape index (κ2) is 7.33. The molecule has 2 aromatic carbocycles. The number of aryl methyl sites for hydroxylation is 1. The molecule has 2 aromatic heterocycles. The van der Waals surface area contributed by atoms with E-state index in [9.17, 15) is 9.59 Å². The highest BCUT2D eigenvalue weighted by atomic mass is 16.2. The first kappa shape index (κ1) is 18.4. The summed E-state index contributed by atoms with van der Waals surface area (Å²) in [6.45, 7) is 3.62. The average molecular weight is 401 g/mol. The molecule has 0 atom stereocenters. The van der Waals surface area contributed by atoms with E-state index < -0.39 is 0 Å². The van der Waals surface area contributed by atoms with Gasteiger partial charge in [0.1, 0.15) is 6.54 Å². The monoisotopic (exact) mass is 401 g/mol. The number of anilines is 2. The normalized spacial score (nSPS) is 14.0. The minimum absolute atomic E-state index is 0.00116. The summed E-state index contributed by atoms with van der Waals surface area (Å²) in [4.78, 5) is 27.6. The predicted octanol–water partition coefficient (Wildman–Crippen LogP) is 3.55. The number of nitrogens with one attached hydrogen (secondary N) is 2. The van der Waals surface area contributed by atoms with Crippen LogP contribution in [0.4, 0.5) is 11.4 Å². The molecular weight excluding hydrogens is 378 g/mol. The molecule has 1 amide bonds. The largest absolute Gasteiger partial charge is 0.355 e. The Morgan fingerprint density at radius 2 is 2.00 bits per heavy atom. The van der Waals surface area contributed by atoms with Crippen molar-refractivity contribution in [3.05, 3.63) is 64.7 Å². The Balaban J connectivity index is 1.51. The third-order valence-electron chi connectivity index (χ3n) is 5.79. The molecule has 1 aliphatic rings. The number of likely N-dealkylation sites (tertiary alicyclic amines) is 1. The molecule has 0 radical (unpaired) electrons. The molecule has 2 N–H and O–H groups in total. The van der Waals surface area contributed by atoms with Crippen LogP contribution in [0.1, 0.15) is 18.5 Å². The fourth-order valence-electron chi connectivity index (χ4n) is 4.15. The van der Waals surface area contributed by atoms with Gasteiger partial charge in [-0.25, -0.2) is 0 Å². The third kappa shape index (κ3) is 3.22. The van der Waals surface area contributed by atoms with Gasteiger partial charge in [0.15, 0.2) is 0 Å². The number of carbonyl (C=O) groups excluding carboxylic acids is 1. The van der Waals surface area contributed by atoms with Gasteiger partial charge in [-0.1, -0.05) is 12.1 Å². The number of fused-ring (bicyclic) bond motifs is 2. The number of pyridine rings is 1. The fourth-order valence-corrected chi connectivity index (χ4v) is 4.15. The highest BCUT2D eigenvalue weighted by molar-refractivity contribution is 5.95. The molecule has 4 aromatic rings. The van der Waals surface area contributed by atoms with Gasteiger partial charge in [0.2, 0.25) is 5.91 Å². The van der Waals surface area contributed by atoms with E-state index in [1.807, 2.05) is 54.3 Å². The van der Waals surface area contributed by atoms with Crippen LogP contribution in [0.3, 0.4) is 0 Å². The lowest BCUT2D eigenvalue weighted by Gasteiger charge is -2.17. The van der Waals surface area contributed by atoms with Crippen LogP contribution in [-0.2, 0) is 11.3 Å². The zero-order valence-electron chi connectivity index (χ0n) is 16.8. The summed E-state index contributed by atoms with van der Waals surface area (Å²) in [5.74, 6) is -0.00116. The molecule has 0 spiro atoms. The quantitative estimate of drug-likeness (QED) is 0.548. The van der Waals surface area contributed by atoms with Crippen molar-refractivity contribution in [1.29, 1.82) is 0 Å². The predicted molar refractivity (Wildman–Crippen MR) is 118 cm³/mol. The first-order valence-corrected chi connectivity index (χ1v) is 10.2. The molecule has 7 nitrogen and oxygen atoms in total. The second-order valence-corrected chi connectivity index (χ2v) is 7.81. The Morgan fingerprint density at radius 3 is 2.83 bits per heavy atom. The minimum atomic E-state index is -0.167. The molecule has 0 unspecified atom stereocenters. The van der Waals surface area contributed by atoms with E-state index in [0.717, 1.165) is 53.6 Å². The lowest BCUT2D eigenvalue weighted by atomic mass is 10.1. The molecule has 1 saturated heterocycles. The van der Waals surface area contributed by atoms with E-state index in [2.05, 4.69) is 15.5 Å². The zero-order valence-corrected chi connectivity index (χ0v) is 16.8. The number of rotatable bonds is 4. The van der Waals surface area contributed by atoms with E-state index in [4.69, 9.17) is 0 Å². The zero-order chi connectivity index (χ0) is 20.7. The van der Waals surface area contributed by atoms with E-state index in [1.165, 1.54) is 4.57 Å². The highest BCUT2D eigenvalue weighted by Crippen LogP contribution is 2.26. The topological polar surface area (TPSA) is 83.0 Å². The third-order valence-corrected chi connectivity index (χ3v) is 5.79. The number of carbonyl (C=O) groups is 1. The molecule has 1 aliphatic heterocycles. The summed E-state index contributed by atoms with van der Waals surface area (Å²) in [5.41, 5.74) is 3.29. The number of benzene rings is 2. The standard InChI is InChI=1S/C23H23N5O2/c1-15-18-8-7-17(13-20(18)26-25-15)24-19-6-4-5-16-9-12-28(23(30)22(16)19)14-21(29)27-10-2-3-11-27/h4-9,12-13,24H,2-3,10-11,14H2,1H3,(H,25,26). The maximum absolute atomic E-state index is 13.2. The van der Waals surface area contributed by atoms with Crippen LogP contribution in [0.5, 0.6) is 0 Å². The molecular formula is C23H23N5O2. The van der Waals surface area contributed by atoms with Crippen LogP contribution in [0.25, 0.3) is 21.7 Å². The Hall–Kier alpha value is -3.61. The van der Waals surface area contributed by atoms with Crippen molar-refractivity contribution in [1.82, 2.24) is 19.7 Å². The highest BCUT2D eigenvalue weighted by Gasteiger charge is 2.19. The Kier molecular flexibility index (Phi) is 4.50. The molecule has 5 rings (SSSR count). The summed E-state index contributed by atoms with van der Waals surface area (Å²) >= 11 is 0. The number of hydrogen-bond acceptors (Lipinski definition) is 4. The van der Waals surface area contributed by atoms with E-state index in [1.54, 1.807) is 6.20 Å². The van der Waals surface area contributed by atoms with Gasteiger partial charge in [0.25, 0.3) is 5.56 Å². The summed E-state index contributed by atoms with van der Waals surface area (Å²) in [6.07, 6.45) is 3.78. The van der Waals surface area contributed by atoms with Crippen molar-refractivity contribution >= 4 is 39.0 Å². The number of H-pyrrole nitrogens is 1. The second-order valence-electron chi connectivity index (χ2n) is 7.81. The molecule has 3 heterocycles. The lowest BCUT2D eigenvalue weighted by molar-refractivity contribution is -0.130. The fraction of sp³-hybridized carbons (Fsp3) is 0.261. The van der Waals surface area contributed by atoms with Gasteiger partial charge in [-0.05, 0) is 55.5 Å². The molecule has 152 valence electrons.